The molecule has 0 saturated heterocycles. The minimum Gasteiger partial charge on any atom is -0.493 e. The summed E-state index contributed by atoms with van der Waals surface area (Å²) in [6.07, 6.45) is 0.659. The number of nitrogens with one attached hydrogen (secondary N) is 1. The summed E-state index contributed by atoms with van der Waals surface area (Å²) in [5, 5.41) is 2.58. The lowest BCUT2D eigenvalue weighted by molar-refractivity contribution is -0.143. The largest absolute Gasteiger partial charge is 0.493 e. The highest BCUT2D eigenvalue weighted by atomic mass is 16.5. The molecule has 2 aromatic rings. The van der Waals surface area contributed by atoms with Gasteiger partial charge in [-0.05, 0) is 37.1 Å². The highest BCUT2D eigenvalue weighted by Gasteiger charge is 2.14. The molecule has 0 bridgehead atoms. The summed E-state index contributed by atoms with van der Waals surface area (Å²) >= 11 is 0. The normalized spacial score (nSPS) is 10.1. The Labute approximate surface area is 181 Å². The highest BCUT2D eigenvalue weighted by Crippen LogP contribution is 2.29. The molecule has 0 aromatic heterocycles. The number of amides is 1. The Kier molecular flexibility index (Phi) is 9.87. The van der Waals surface area contributed by atoms with E-state index in [2.05, 4.69) is 5.32 Å². The van der Waals surface area contributed by atoms with Crippen LogP contribution >= 0.6 is 0 Å². The molecule has 31 heavy (non-hydrogen) atoms. The number of esters is 2. The zero-order valence-electron chi connectivity index (χ0n) is 17.7. The van der Waals surface area contributed by atoms with Crippen LogP contribution < -0.4 is 14.8 Å². The number of methoxy groups -OCH3 is 1. The van der Waals surface area contributed by atoms with Crippen molar-refractivity contribution >= 4 is 17.8 Å². The molecule has 0 radical (unpaired) electrons. The summed E-state index contributed by atoms with van der Waals surface area (Å²) in [5.41, 5.74) is 1.24. The van der Waals surface area contributed by atoms with E-state index in [1.165, 1.54) is 13.2 Å². The van der Waals surface area contributed by atoms with Gasteiger partial charge < -0.3 is 24.3 Å². The fraction of sp³-hybridized carbons (Fsp3) is 0.348. The molecule has 2 rings (SSSR count). The van der Waals surface area contributed by atoms with Crippen LogP contribution in [-0.2, 0) is 25.7 Å². The number of hydrogen-bond acceptors (Lipinski definition) is 7. The zero-order chi connectivity index (χ0) is 22.5. The van der Waals surface area contributed by atoms with Gasteiger partial charge in [-0.25, -0.2) is 4.79 Å². The van der Waals surface area contributed by atoms with Crippen molar-refractivity contribution in [2.45, 2.75) is 26.4 Å². The maximum Gasteiger partial charge on any atom is 0.338 e. The van der Waals surface area contributed by atoms with Gasteiger partial charge in [0.25, 0.3) is 5.91 Å². The first-order valence-electron chi connectivity index (χ1n) is 9.97. The number of carbonyl (C=O) groups is 3. The molecule has 0 saturated carbocycles. The Balaban J connectivity index is 1.79. The van der Waals surface area contributed by atoms with Gasteiger partial charge in [-0.2, -0.15) is 0 Å². The van der Waals surface area contributed by atoms with Crippen LogP contribution in [0.4, 0.5) is 0 Å². The second-order valence-electron chi connectivity index (χ2n) is 6.47. The molecule has 2 aromatic carbocycles. The molecule has 1 amide bonds. The van der Waals surface area contributed by atoms with E-state index in [0.717, 1.165) is 5.56 Å². The molecule has 0 aliphatic carbocycles. The van der Waals surface area contributed by atoms with Crippen molar-refractivity contribution in [3.63, 3.8) is 0 Å². The van der Waals surface area contributed by atoms with Crippen molar-refractivity contribution in [2.75, 3.05) is 26.9 Å². The third kappa shape index (κ3) is 8.38. The van der Waals surface area contributed by atoms with Crippen LogP contribution in [0.2, 0.25) is 0 Å². The maximum absolute atomic E-state index is 12.2. The summed E-state index contributed by atoms with van der Waals surface area (Å²) in [4.78, 5) is 35.3. The molecular weight excluding hydrogens is 402 g/mol. The molecule has 0 heterocycles. The Morgan fingerprint density at radius 3 is 2.45 bits per heavy atom. The van der Waals surface area contributed by atoms with Crippen molar-refractivity contribution < 1.29 is 33.3 Å². The van der Waals surface area contributed by atoms with Crippen LogP contribution in [0, 0.1) is 0 Å². The van der Waals surface area contributed by atoms with Crippen molar-refractivity contribution in [1.29, 1.82) is 0 Å². The topological polar surface area (TPSA) is 100 Å². The van der Waals surface area contributed by atoms with E-state index in [9.17, 15) is 14.4 Å². The third-order valence-corrected chi connectivity index (χ3v) is 4.16. The quantitative estimate of drug-likeness (QED) is 0.409. The van der Waals surface area contributed by atoms with Gasteiger partial charge in [0.15, 0.2) is 18.1 Å². The van der Waals surface area contributed by atoms with E-state index >= 15 is 0 Å². The minimum atomic E-state index is -0.658. The van der Waals surface area contributed by atoms with Gasteiger partial charge in [0.1, 0.15) is 6.61 Å². The van der Waals surface area contributed by atoms with Crippen LogP contribution in [0.25, 0.3) is 0 Å². The van der Waals surface area contributed by atoms with Gasteiger partial charge >= 0.3 is 11.9 Å². The van der Waals surface area contributed by atoms with Crippen LogP contribution in [0.15, 0.2) is 48.5 Å². The Morgan fingerprint density at radius 1 is 0.968 bits per heavy atom. The Morgan fingerprint density at radius 2 is 1.74 bits per heavy atom. The van der Waals surface area contributed by atoms with E-state index < -0.39 is 18.5 Å². The predicted octanol–water partition coefficient (Wildman–Crippen LogP) is 2.89. The van der Waals surface area contributed by atoms with Gasteiger partial charge in [-0.1, -0.05) is 30.3 Å². The smallest absolute Gasteiger partial charge is 0.338 e. The molecule has 0 aliphatic heterocycles. The van der Waals surface area contributed by atoms with Crippen molar-refractivity contribution in [3.05, 3.63) is 59.7 Å². The fourth-order valence-corrected chi connectivity index (χ4v) is 2.61. The van der Waals surface area contributed by atoms with Gasteiger partial charge in [0.05, 0.1) is 19.3 Å². The predicted molar refractivity (Wildman–Crippen MR) is 113 cm³/mol. The summed E-state index contributed by atoms with van der Waals surface area (Å²) < 4.78 is 20.9. The molecule has 8 heteroatoms. The molecule has 166 valence electrons. The van der Waals surface area contributed by atoms with Gasteiger partial charge in [-0.15, -0.1) is 0 Å². The first-order chi connectivity index (χ1) is 15.0. The second kappa shape index (κ2) is 12.9. The lowest BCUT2D eigenvalue weighted by Gasteiger charge is -2.12. The highest BCUT2D eigenvalue weighted by molar-refractivity contribution is 5.92. The van der Waals surface area contributed by atoms with Crippen LogP contribution in [-0.4, -0.2) is 44.7 Å². The maximum atomic E-state index is 12.2. The standard InChI is InChI=1S/C23H27NO7/c1-3-29-22(26)10-7-13-24-21(25)16-31-23(27)18-11-12-19(20(14-18)28-2)30-15-17-8-5-4-6-9-17/h4-6,8-9,11-12,14H,3,7,10,13,15-16H2,1-2H3,(H,24,25). The third-order valence-electron chi connectivity index (χ3n) is 4.16. The van der Waals surface area contributed by atoms with E-state index in [-0.39, 0.29) is 24.5 Å². The molecule has 0 aliphatic rings. The van der Waals surface area contributed by atoms with Crippen molar-refractivity contribution in [2.24, 2.45) is 0 Å². The summed E-state index contributed by atoms with van der Waals surface area (Å²) in [5.74, 6) is -0.550. The number of benzene rings is 2. The molecule has 0 atom stereocenters. The number of hydrogen-bond donors (Lipinski definition) is 1. The molecule has 0 spiro atoms. The van der Waals surface area contributed by atoms with Crippen molar-refractivity contribution in [1.82, 2.24) is 5.32 Å². The first kappa shape index (κ1) is 23.7. The van der Waals surface area contributed by atoms with Gasteiger partial charge in [0, 0.05) is 13.0 Å². The van der Waals surface area contributed by atoms with Gasteiger partial charge in [-0.3, -0.25) is 9.59 Å². The molecule has 1 N–H and O–H groups in total. The molecule has 8 nitrogen and oxygen atoms in total. The Hall–Kier alpha value is -3.55. The summed E-state index contributed by atoms with van der Waals surface area (Å²) in [7, 11) is 1.48. The number of carbonyl (C=O) groups excluding carboxylic acids is 3. The fourth-order valence-electron chi connectivity index (χ4n) is 2.61. The SMILES string of the molecule is CCOC(=O)CCCNC(=O)COC(=O)c1ccc(OCc2ccccc2)c(OC)c1. The minimum absolute atomic E-state index is 0.215. The van der Waals surface area contributed by atoms with E-state index in [4.69, 9.17) is 18.9 Å². The summed E-state index contributed by atoms with van der Waals surface area (Å²) in [6, 6.07) is 14.3. The summed E-state index contributed by atoms with van der Waals surface area (Å²) in [6.45, 7) is 2.28. The average molecular weight is 429 g/mol. The first-order valence-corrected chi connectivity index (χ1v) is 9.97. The zero-order valence-corrected chi connectivity index (χ0v) is 17.7. The molecular formula is C23H27NO7. The lowest BCUT2D eigenvalue weighted by Crippen LogP contribution is -2.30. The molecule has 0 unspecified atom stereocenters. The lowest BCUT2D eigenvalue weighted by atomic mass is 10.2. The van der Waals surface area contributed by atoms with E-state index in [1.807, 2.05) is 30.3 Å². The average Bonchev–Trinajstić information content (AvgIpc) is 2.79. The number of rotatable bonds is 12. The van der Waals surface area contributed by atoms with Crippen LogP contribution in [0.5, 0.6) is 11.5 Å². The van der Waals surface area contributed by atoms with E-state index in [0.29, 0.717) is 31.1 Å². The van der Waals surface area contributed by atoms with Crippen LogP contribution in [0.3, 0.4) is 0 Å². The van der Waals surface area contributed by atoms with Gasteiger partial charge in [0.2, 0.25) is 0 Å². The van der Waals surface area contributed by atoms with E-state index in [1.54, 1.807) is 19.1 Å². The van der Waals surface area contributed by atoms with Crippen LogP contribution in [0.1, 0.15) is 35.7 Å². The molecule has 0 fully saturated rings. The Bertz CT molecular complexity index is 867. The monoisotopic (exact) mass is 429 g/mol. The van der Waals surface area contributed by atoms with Crippen molar-refractivity contribution in [3.8, 4) is 11.5 Å². The second-order valence-corrected chi connectivity index (χ2v) is 6.47. The number of ether oxygens (including phenoxy) is 4.